The number of nitrogens with two attached hydrogens (primary N) is 2. The van der Waals surface area contributed by atoms with Crippen molar-refractivity contribution in [3.8, 4) is 0 Å². The van der Waals surface area contributed by atoms with Crippen LogP contribution in [0.2, 0.25) is 0 Å². The van der Waals surface area contributed by atoms with E-state index in [9.17, 15) is 4.79 Å². The molecule has 0 aromatic heterocycles. The minimum absolute atomic E-state index is 0.365. The smallest absolute Gasteiger partial charge is 0.250 e. The van der Waals surface area contributed by atoms with Gasteiger partial charge in [0.15, 0.2) is 0 Å². The normalized spacial score (nSPS) is 17.0. The van der Waals surface area contributed by atoms with Crippen LogP contribution in [0, 0.1) is 0 Å². The molecule has 0 aliphatic heterocycles. The Morgan fingerprint density at radius 1 is 1.14 bits per heavy atom. The third kappa shape index (κ3) is 2.84. The van der Waals surface area contributed by atoms with Crippen molar-refractivity contribution in [2.75, 3.05) is 11.1 Å². The molecule has 21 heavy (non-hydrogen) atoms. The summed E-state index contributed by atoms with van der Waals surface area (Å²) >= 11 is 0. The van der Waals surface area contributed by atoms with Crippen LogP contribution in [0.5, 0.6) is 0 Å². The quantitative estimate of drug-likeness (QED) is 0.755. The van der Waals surface area contributed by atoms with Crippen LogP contribution >= 0.6 is 0 Å². The molecule has 108 valence electrons. The van der Waals surface area contributed by atoms with E-state index in [2.05, 4.69) is 29.6 Å². The van der Waals surface area contributed by atoms with E-state index < -0.39 is 5.91 Å². The van der Waals surface area contributed by atoms with Gasteiger partial charge in [-0.05, 0) is 48.6 Å². The molecule has 0 fully saturated rings. The highest BCUT2D eigenvalue weighted by molar-refractivity contribution is 5.98. The van der Waals surface area contributed by atoms with E-state index in [0.717, 1.165) is 24.9 Å². The molecule has 3 rings (SSSR count). The van der Waals surface area contributed by atoms with Gasteiger partial charge in [0.25, 0.3) is 5.91 Å². The number of primary amides is 1. The van der Waals surface area contributed by atoms with E-state index in [1.54, 1.807) is 12.1 Å². The number of rotatable bonds is 3. The highest BCUT2D eigenvalue weighted by atomic mass is 16.1. The first-order valence-corrected chi connectivity index (χ1v) is 7.16. The van der Waals surface area contributed by atoms with Gasteiger partial charge in [-0.1, -0.05) is 24.3 Å². The van der Waals surface area contributed by atoms with Gasteiger partial charge in [0.2, 0.25) is 0 Å². The Morgan fingerprint density at radius 3 is 2.67 bits per heavy atom. The van der Waals surface area contributed by atoms with E-state index in [1.165, 1.54) is 11.1 Å². The molecule has 2 aromatic carbocycles. The van der Waals surface area contributed by atoms with Crippen LogP contribution in [-0.4, -0.2) is 11.9 Å². The largest absolute Gasteiger partial charge is 0.398 e. The third-order valence-corrected chi connectivity index (χ3v) is 4.04. The fourth-order valence-electron chi connectivity index (χ4n) is 2.92. The number of carbonyl (C=O) groups is 1. The number of hydrogen-bond donors (Lipinski definition) is 3. The summed E-state index contributed by atoms with van der Waals surface area (Å²) in [5.41, 5.74) is 15.6. The van der Waals surface area contributed by atoms with Gasteiger partial charge >= 0.3 is 0 Å². The van der Waals surface area contributed by atoms with Gasteiger partial charge < -0.3 is 16.8 Å². The van der Waals surface area contributed by atoms with Gasteiger partial charge in [-0.2, -0.15) is 0 Å². The second-order valence-electron chi connectivity index (χ2n) is 5.52. The lowest BCUT2D eigenvalue weighted by Crippen LogP contribution is -2.27. The summed E-state index contributed by atoms with van der Waals surface area (Å²) in [6, 6.07) is 14.3. The molecular formula is C17H19N3O. The average molecular weight is 281 g/mol. The highest BCUT2D eigenvalue weighted by Crippen LogP contribution is 2.25. The minimum atomic E-state index is -0.495. The van der Waals surface area contributed by atoms with E-state index in [0.29, 0.717) is 17.3 Å². The lowest BCUT2D eigenvalue weighted by molar-refractivity contribution is 0.100. The lowest BCUT2D eigenvalue weighted by atomic mass is 9.88. The van der Waals surface area contributed by atoms with Crippen molar-refractivity contribution < 1.29 is 4.79 Å². The summed E-state index contributed by atoms with van der Waals surface area (Å²) in [7, 11) is 0. The molecule has 4 heteroatoms. The first kappa shape index (κ1) is 13.5. The topological polar surface area (TPSA) is 81.1 Å². The van der Waals surface area contributed by atoms with Crippen LogP contribution in [0.1, 0.15) is 27.9 Å². The monoisotopic (exact) mass is 281 g/mol. The van der Waals surface area contributed by atoms with Crippen molar-refractivity contribution in [1.29, 1.82) is 0 Å². The van der Waals surface area contributed by atoms with Crippen molar-refractivity contribution in [2.24, 2.45) is 5.73 Å². The van der Waals surface area contributed by atoms with Crippen molar-refractivity contribution in [3.05, 3.63) is 59.2 Å². The highest BCUT2D eigenvalue weighted by Gasteiger charge is 2.18. The molecule has 0 saturated carbocycles. The van der Waals surface area contributed by atoms with Gasteiger partial charge in [-0.3, -0.25) is 4.79 Å². The molecule has 1 amide bonds. The molecule has 1 aliphatic rings. The van der Waals surface area contributed by atoms with E-state index in [4.69, 9.17) is 11.5 Å². The molecule has 1 atom stereocenters. The number of nitrogen functional groups attached to an aromatic ring is 1. The van der Waals surface area contributed by atoms with E-state index in [-0.39, 0.29) is 0 Å². The first-order valence-electron chi connectivity index (χ1n) is 7.16. The maximum absolute atomic E-state index is 11.3. The van der Waals surface area contributed by atoms with Crippen LogP contribution in [0.15, 0.2) is 42.5 Å². The maximum atomic E-state index is 11.3. The molecule has 5 N–H and O–H groups in total. The Hall–Kier alpha value is -2.49. The zero-order valence-electron chi connectivity index (χ0n) is 11.8. The van der Waals surface area contributed by atoms with Gasteiger partial charge in [0.1, 0.15) is 0 Å². The van der Waals surface area contributed by atoms with Gasteiger partial charge in [0, 0.05) is 17.4 Å². The SMILES string of the molecule is NC(=O)c1cc(NC2CCc3ccccc3C2)ccc1N. The molecular weight excluding hydrogens is 262 g/mol. The number of nitrogens with one attached hydrogen (secondary N) is 1. The van der Waals surface area contributed by atoms with Crippen molar-refractivity contribution in [1.82, 2.24) is 0 Å². The fourth-order valence-corrected chi connectivity index (χ4v) is 2.92. The summed E-state index contributed by atoms with van der Waals surface area (Å²) in [4.78, 5) is 11.3. The first-order chi connectivity index (χ1) is 10.1. The van der Waals surface area contributed by atoms with Crippen molar-refractivity contribution in [3.63, 3.8) is 0 Å². The summed E-state index contributed by atoms with van der Waals surface area (Å²) in [6.07, 6.45) is 3.14. The van der Waals surface area contributed by atoms with Crippen molar-refractivity contribution in [2.45, 2.75) is 25.3 Å². The number of amides is 1. The van der Waals surface area contributed by atoms with Gasteiger partial charge in [-0.25, -0.2) is 0 Å². The third-order valence-electron chi connectivity index (χ3n) is 4.04. The second kappa shape index (κ2) is 5.48. The van der Waals surface area contributed by atoms with Gasteiger partial charge in [-0.15, -0.1) is 0 Å². The van der Waals surface area contributed by atoms with Crippen LogP contribution in [0.3, 0.4) is 0 Å². The van der Waals surface area contributed by atoms with Crippen LogP contribution in [0.25, 0.3) is 0 Å². The molecule has 4 nitrogen and oxygen atoms in total. The number of anilines is 2. The molecule has 0 saturated heterocycles. The predicted octanol–water partition coefficient (Wildman–Crippen LogP) is 2.34. The van der Waals surface area contributed by atoms with Crippen LogP contribution in [0.4, 0.5) is 11.4 Å². The van der Waals surface area contributed by atoms with Crippen molar-refractivity contribution >= 4 is 17.3 Å². The molecule has 2 aromatic rings. The summed E-state index contributed by atoms with van der Waals surface area (Å²) < 4.78 is 0. The molecule has 0 radical (unpaired) electrons. The standard InChI is InChI=1S/C17H19N3O/c18-16-8-7-14(10-15(16)17(19)21)20-13-6-5-11-3-1-2-4-12(11)9-13/h1-4,7-8,10,13,20H,5-6,9,18H2,(H2,19,21). The second-order valence-corrected chi connectivity index (χ2v) is 5.52. The number of fused-ring (bicyclic) bond motifs is 1. The Bertz CT molecular complexity index is 681. The predicted molar refractivity (Wildman–Crippen MR) is 85.3 cm³/mol. The lowest BCUT2D eigenvalue weighted by Gasteiger charge is -2.26. The number of aryl methyl sites for hydroxylation is 1. The summed E-state index contributed by atoms with van der Waals surface area (Å²) in [5, 5.41) is 3.48. The molecule has 0 bridgehead atoms. The summed E-state index contributed by atoms with van der Waals surface area (Å²) in [6.45, 7) is 0. The van der Waals surface area contributed by atoms with E-state index in [1.807, 2.05) is 6.07 Å². The summed E-state index contributed by atoms with van der Waals surface area (Å²) in [5.74, 6) is -0.495. The Balaban J connectivity index is 1.76. The Labute approximate surface area is 124 Å². The van der Waals surface area contributed by atoms with E-state index >= 15 is 0 Å². The molecule has 0 spiro atoms. The number of carbonyl (C=O) groups excluding carboxylic acids is 1. The fraction of sp³-hybridized carbons (Fsp3) is 0.235. The molecule has 1 aliphatic carbocycles. The minimum Gasteiger partial charge on any atom is -0.398 e. The number of hydrogen-bond acceptors (Lipinski definition) is 3. The zero-order valence-corrected chi connectivity index (χ0v) is 11.8. The Morgan fingerprint density at radius 2 is 1.90 bits per heavy atom. The van der Waals surface area contributed by atoms with Crippen LogP contribution < -0.4 is 16.8 Å². The number of benzene rings is 2. The molecule has 0 heterocycles. The Kier molecular flexibility index (Phi) is 3.52. The molecule has 1 unspecified atom stereocenters. The maximum Gasteiger partial charge on any atom is 0.250 e. The van der Waals surface area contributed by atoms with Gasteiger partial charge in [0.05, 0.1) is 5.56 Å². The average Bonchev–Trinajstić information content (AvgIpc) is 2.49. The zero-order chi connectivity index (χ0) is 14.8. The van der Waals surface area contributed by atoms with Crippen LogP contribution in [-0.2, 0) is 12.8 Å².